The summed E-state index contributed by atoms with van der Waals surface area (Å²) in [6.45, 7) is 0. The van der Waals surface area contributed by atoms with E-state index in [0.29, 0.717) is 5.88 Å². The van der Waals surface area contributed by atoms with Gasteiger partial charge in [-0.1, -0.05) is 72.8 Å². The van der Waals surface area contributed by atoms with Crippen molar-refractivity contribution < 1.29 is 0 Å². The van der Waals surface area contributed by atoms with Gasteiger partial charge in [-0.25, -0.2) is 0 Å². The fourth-order valence-corrected chi connectivity index (χ4v) is 3.26. The Morgan fingerprint density at radius 1 is 0.636 bits per heavy atom. The first-order chi connectivity index (χ1) is 10.9. The second-order valence-electron chi connectivity index (χ2n) is 5.52. The van der Waals surface area contributed by atoms with Gasteiger partial charge in [-0.05, 0) is 44.3 Å². The maximum absolute atomic E-state index is 5.92. The molecule has 0 aliphatic rings. The summed E-state index contributed by atoms with van der Waals surface area (Å²) in [6.07, 6.45) is 0. The van der Waals surface area contributed by atoms with E-state index in [2.05, 4.69) is 78.9 Å². The minimum absolute atomic E-state index is 0.552. The lowest BCUT2D eigenvalue weighted by atomic mass is 9.92. The molecular weight excluding hydrogens is 288 g/mol. The molecule has 0 aromatic heterocycles. The highest BCUT2D eigenvalue weighted by Crippen LogP contribution is 2.36. The Morgan fingerprint density at radius 3 is 1.73 bits per heavy atom. The number of rotatable bonds is 2. The zero-order chi connectivity index (χ0) is 14.9. The smallest absolute Gasteiger partial charge is 0.0474 e. The summed E-state index contributed by atoms with van der Waals surface area (Å²) in [4.78, 5) is 0. The normalized spacial score (nSPS) is 11.1. The quantitative estimate of drug-likeness (QED) is 0.297. The van der Waals surface area contributed by atoms with E-state index in [-0.39, 0.29) is 0 Å². The minimum Gasteiger partial charge on any atom is -0.122 e. The van der Waals surface area contributed by atoms with Crippen LogP contribution in [0.3, 0.4) is 0 Å². The van der Waals surface area contributed by atoms with Crippen LogP contribution in [-0.2, 0) is 5.88 Å². The Labute approximate surface area is 135 Å². The summed E-state index contributed by atoms with van der Waals surface area (Å²) in [5.74, 6) is 0.552. The van der Waals surface area contributed by atoms with E-state index in [1.165, 1.54) is 32.7 Å². The van der Waals surface area contributed by atoms with Crippen molar-refractivity contribution >= 4 is 33.1 Å². The zero-order valence-electron chi connectivity index (χ0n) is 12.1. The molecule has 0 aliphatic carbocycles. The highest BCUT2D eigenvalue weighted by Gasteiger charge is 2.09. The van der Waals surface area contributed by atoms with Crippen LogP contribution in [0.4, 0.5) is 0 Å². The molecule has 0 amide bonds. The zero-order valence-corrected chi connectivity index (χ0v) is 12.8. The van der Waals surface area contributed by atoms with Crippen LogP contribution in [0.15, 0.2) is 78.9 Å². The van der Waals surface area contributed by atoms with Crippen molar-refractivity contribution in [2.75, 3.05) is 0 Å². The van der Waals surface area contributed by atoms with Gasteiger partial charge < -0.3 is 0 Å². The van der Waals surface area contributed by atoms with Crippen molar-refractivity contribution in [1.29, 1.82) is 0 Å². The Kier molecular flexibility index (Phi) is 3.32. The molecule has 22 heavy (non-hydrogen) atoms. The minimum atomic E-state index is 0.552. The van der Waals surface area contributed by atoms with Crippen molar-refractivity contribution in [3.05, 3.63) is 84.4 Å². The molecule has 0 radical (unpaired) electrons. The standard InChI is InChI=1S/C21H15Cl/c22-14-15-9-11-16(12-10-15)21-19-7-3-1-5-17(19)13-18-6-2-4-8-20(18)21/h1-13H,14H2. The topological polar surface area (TPSA) is 0 Å². The average molecular weight is 303 g/mol. The van der Waals surface area contributed by atoms with Gasteiger partial charge in [-0.15, -0.1) is 11.6 Å². The van der Waals surface area contributed by atoms with Crippen LogP contribution in [0.2, 0.25) is 0 Å². The van der Waals surface area contributed by atoms with E-state index in [1.54, 1.807) is 0 Å². The van der Waals surface area contributed by atoms with Crippen LogP contribution < -0.4 is 0 Å². The third-order valence-electron chi connectivity index (χ3n) is 4.17. The highest BCUT2D eigenvalue weighted by atomic mass is 35.5. The second kappa shape index (κ2) is 5.47. The van der Waals surface area contributed by atoms with Gasteiger partial charge in [0.05, 0.1) is 0 Å². The van der Waals surface area contributed by atoms with E-state index in [9.17, 15) is 0 Å². The van der Waals surface area contributed by atoms with Crippen LogP contribution in [0.1, 0.15) is 5.56 Å². The van der Waals surface area contributed by atoms with E-state index in [4.69, 9.17) is 11.6 Å². The third-order valence-corrected chi connectivity index (χ3v) is 4.48. The first kappa shape index (κ1) is 13.4. The summed E-state index contributed by atoms with van der Waals surface area (Å²) >= 11 is 5.92. The predicted molar refractivity (Wildman–Crippen MR) is 96.4 cm³/mol. The van der Waals surface area contributed by atoms with Crippen molar-refractivity contribution in [2.24, 2.45) is 0 Å². The molecule has 0 aliphatic heterocycles. The maximum atomic E-state index is 5.92. The van der Waals surface area contributed by atoms with Crippen LogP contribution in [-0.4, -0.2) is 0 Å². The summed E-state index contributed by atoms with van der Waals surface area (Å²) in [5, 5.41) is 5.13. The third kappa shape index (κ3) is 2.17. The Balaban J connectivity index is 2.11. The highest BCUT2D eigenvalue weighted by molar-refractivity contribution is 6.17. The van der Waals surface area contributed by atoms with E-state index in [1.807, 2.05) is 0 Å². The second-order valence-corrected chi connectivity index (χ2v) is 5.79. The monoisotopic (exact) mass is 302 g/mol. The fourth-order valence-electron chi connectivity index (χ4n) is 3.09. The molecule has 0 atom stereocenters. The van der Waals surface area contributed by atoms with Gasteiger partial charge >= 0.3 is 0 Å². The number of fused-ring (bicyclic) bond motifs is 2. The van der Waals surface area contributed by atoms with Gasteiger partial charge in [0.1, 0.15) is 0 Å². The Bertz CT molecular complexity index is 898. The van der Waals surface area contributed by atoms with Crippen LogP contribution in [0.5, 0.6) is 0 Å². The largest absolute Gasteiger partial charge is 0.122 e. The predicted octanol–water partition coefficient (Wildman–Crippen LogP) is 6.40. The molecule has 0 saturated heterocycles. The lowest BCUT2D eigenvalue weighted by Gasteiger charge is -2.12. The molecule has 4 aromatic carbocycles. The molecule has 0 nitrogen and oxygen atoms in total. The molecule has 4 aromatic rings. The van der Waals surface area contributed by atoms with Crippen LogP contribution in [0, 0.1) is 0 Å². The number of alkyl halides is 1. The van der Waals surface area contributed by atoms with Gasteiger partial charge in [-0.2, -0.15) is 0 Å². The summed E-state index contributed by atoms with van der Waals surface area (Å²) in [5.41, 5.74) is 3.69. The summed E-state index contributed by atoms with van der Waals surface area (Å²) in [6, 6.07) is 28.0. The van der Waals surface area contributed by atoms with E-state index in [0.717, 1.165) is 5.56 Å². The molecule has 0 heterocycles. The van der Waals surface area contributed by atoms with Crippen molar-refractivity contribution in [3.8, 4) is 11.1 Å². The number of halogens is 1. The Hall–Kier alpha value is -2.31. The average Bonchev–Trinajstić information content (AvgIpc) is 2.60. The first-order valence-electron chi connectivity index (χ1n) is 7.42. The molecule has 0 spiro atoms. The number of hydrogen-bond acceptors (Lipinski definition) is 0. The molecule has 0 N–H and O–H groups in total. The lowest BCUT2D eigenvalue weighted by molar-refractivity contribution is 1.41. The number of benzene rings is 4. The number of hydrogen-bond donors (Lipinski definition) is 0. The molecule has 0 fully saturated rings. The van der Waals surface area contributed by atoms with Crippen molar-refractivity contribution in [1.82, 2.24) is 0 Å². The van der Waals surface area contributed by atoms with Gasteiger partial charge in [0.2, 0.25) is 0 Å². The molecule has 0 saturated carbocycles. The van der Waals surface area contributed by atoms with Crippen molar-refractivity contribution in [2.45, 2.75) is 5.88 Å². The molecule has 0 unspecified atom stereocenters. The molecule has 1 heteroatoms. The van der Waals surface area contributed by atoms with Crippen LogP contribution >= 0.6 is 11.6 Å². The molecule has 0 bridgehead atoms. The van der Waals surface area contributed by atoms with E-state index < -0.39 is 0 Å². The van der Waals surface area contributed by atoms with Gasteiger partial charge in [0.15, 0.2) is 0 Å². The summed E-state index contributed by atoms with van der Waals surface area (Å²) < 4.78 is 0. The molecule has 4 rings (SSSR count). The maximum Gasteiger partial charge on any atom is 0.0474 e. The first-order valence-corrected chi connectivity index (χ1v) is 7.96. The van der Waals surface area contributed by atoms with Crippen molar-refractivity contribution in [3.63, 3.8) is 0 Å². The molecule has 106 valence electrons. The van der Waals surface area contributed by atoms with Crippen LogP contribution in [0.25, 0.3) is 32.7 Å². The van der Waals surface area contributed by atoms with E-state index >= 15 is 0 Å². The molecular formula is C21H15Cl. The van der Waals surface area contributed by atoms with Gasteiger partial charge in [0, 0.05) is 5.88 Å². The lowest BCUT2D eigenvalue weighted by Crippen LogP contribution is -1.86. The summed E-state index contributed by atoms with van der Waals surface area (Å²) in [7, 11) is 0. The Morgan fingerprint density at radius 2 is 1.18 bits per heavy atom. The van der Waals surface area contributed by atoms with Gasteiger partial charge in [0.25, 0.3) is 0 Å². The fraction of sp³-hybridized carbons (Fsp3) is 0.0476. The SMILES string of the molecule is ClCc1ccc(-c2c3ccccc3cc3ccccc23)cc1. The van der Waals surface area contributed by atoms with Gasteiger partial charge in [-0.3, -0.25) is 0 Å².